The van der Waals surface area contributed by atoms with Crippen molar-refractivity contribution >= 4 is 11.0 Å². The second-order valence-corrected chi connectivity index (χ2v) is 4.96. The van der Waals surface area contributed by atoms with Crippen LogP contribution in [0.5, 0.6) is 0 Å². The first-order chi connectivity index (χ1) is 10.2. The second kappa shape index (κ2) is 5.66. The summed E-state index contributed by atoms with van der Waals surface area (Å²) in [5, 5.41) is 4.02. The Bertz CT molecular complexity index is 766. The van der Waals surface area contributed by atoms with Crippen LogP contribution in [0.4, 0.5) is 4.39 Å². The normalized spacial score (nSPS) is 12.7. The predicted octanol–water partition coefficient (Wildman–Crippen LogP) is 3.84. The first kappa shape index (κ1) is 13.8. The van der Waals surface area contributed by atoms with Crippen molar-refractivity contribution in [1.82, 2.24) is 10.3 Å². The fourth-order valence-electron chi connectivity index (χ4n) is 2.66. The number of rotatable bonds is 4. The van der Waals surface area contributed by atoms with Gasteiger partial charge in [-0.2, -0.15) is 0 Å². The van der Waals surface area contributed by atoms with Crippen LogP contribution in [0.3, 0.4) is 0 Å². The highest BCUT2D eigenvalue weighted by Crippen LogP contribution is 2.30. The summed E-state index contributed by atoms with van der Waals surface area (Å²) in [5.41, 5.74) is 2.56. The van der Waals surface area contributed by atoms with Crippen LogP contribution in [0.2, 0.25) is 0 Å². The molecule has 108 valence electrons. The molecule has 3 rings (SSSR count). The topological polar surface area (TPSA) is 38.1 Å². The largest absolute Gasteiger partial charge is 0.456 e. The Hall–Kier alpha value is -2.20. The summed E-state index contributed by atoms with van der Waals surface area (Å²) in [6, 6.07) is 8.70. The van der Waals surface area contributed by atoms with Crippen molar-refractivity contribution in [2.24, 2.45) is 0 Å². The lowest BCUT2D eigenvalue weighted by Crippen LogP contribution is -2.18. The highest BCUT2D eigenvalue weighted by atomic mass is 19.1. The second-order valence-electron chi connectivity index (χ2n) is 4.96. The van der Waals surface area contributed by atoms with Gasteiger partial charge >= 0.3 is 0 Å². The van der Waals surface area contributed by atoms with E-state index in [1.807, 2.05) is 31.4 Å². The van der Waals surface area contributed by atoms with Crippen LogP contribution < -0.4 is 5.32 Å². The molecule has 2 aromatic heterocycles. The van der Waals surface area contributed by atoms with Crippen molar-refractivity contribution < 1.29 is 8.81 Å². The molecule has 1 atom stereocenters. The zero-order chi connectivity index (χ0) is 14.8. The van der Waals surface area contributed by atoms with Crippen molar-refractivity contribution in [3.8, 4) is 0 Å². The highest BCUT2D eigenvalue weighted by molar-refractivity contribution is 5.78. The number of hydrogen-bond donors (Lipinski definition) is 1. The van der Waals surface area contributed by atoms with Crippen LogP contribution in [0.15, 0.2) is 47.1 Å². The highest BCUT2D eigenvalue weighted by Gasteiger charge is 2.20. The molecule has 1 unspecified atom stereocenters. The number of hydrogen-bond acceptors (Lipinski definition) is 3. The Morgan fingerprint density at radius 3 is 2.90 bits per heavy atom. The molecule has 0 saturated carbocycles. The van der Waals surface area contributed by atoms with E-state index in [2.05, 4.69) is 17.2 Å². The molecule has 0 aliphatic heterocycles. The third kappa shape index (κ3) is 2.43. The fraction of sp³-hybridized carbons (Fsp3) is 0.235. The molecule has 0 saturated heterocycles. The molecule has 0 fully saturated rings. The average molecular weight is 284 g/mol. The molecule has 3 aromatic rings. The number of para-hydroxylation sites is 1. The lowest BCUT2D eigenvalue weighted by molar-refractivity contribution is 0.475. The number of nitrogens with zero attached hydrogens (tertiary/aromatic N) is 1. The van der Waals surface area contributed by atoms with Crippen LogP contribution in [0.25, 0.3) is 11.0 Å². The number of halogens is 1. The quantitative estimate of drug-likeness (QED) is 0.791. The third-order valence-electron chi connectivity index (χ3n) is 3.72. The van der Waals surface area contributed by atoms with E-state index in [0.717, 1.165) is 22.9 Å². The SMILES string of the molecule is CCc1cnccc1C(NC)c1cc2cccc(F)c2o1. The van der Waals surface area contributed by atoms with Gasteiger partial charge < -0.3 is 9.73 Å². The van der Waals surface area contributed by atoms with Crippen molar-refractivity contribution in [3.05, 3.63) is 65.4 Å². The summed E-state index contributed by atoms with van der Waals surface area (Å²) in [5.74, 6) is 0.373. The van der Waals surface area contributed by atoms with Crippen LogP contribution in [0, 0.1) is 5.82 Å². The van der Waals surface area contributed by atoms with E-state index in [0.29, 0.717) is 11.3 Å². The summed E-state index contributed by atoms with van der Waals surface area (Å²) >= 11 is 0. The summed E-state index contributed by atoms with van der Waals surface area (Å²) in [7, 11) is 1.87. The van der Waals surface area contributed by atoms with Gasteiger partial charge in [0, 0.05) is 17.8 Å². The monoisotopic (exact) mass is 284 g/mol. The number of benzene rings is 1. The summed E-state index contributed by atoms with van der Waals surface area (Å²) in [6.07, 6.45) is 4.51. The summed E-state index contributed by atoms with van der Waals surface area (Å²) in [4.78, 5) is 4.17. The molecule has 0 spiro atoms. The van der Waals surface area contributed by atoms with Crippen LogP contribution >= 0.6 is 0 Å². The zero-order valence-electron chi connectivity index (χ0n) is 12.1. The zero-order valence-corrected chi connectivity index (χ0v) is 12.1. The van der Waals surface area contributed by atoms with E-state index in [9.17, 15) is 4.39 Å². The minimum Gasteiger partial charge on any atom is -0.456 e. The molecular formula is C17H17FN2O. The summed E-state index contributed by atoms with van der Waals surface area (Å²) in [6.45, 7) is 2.09. The number of nitrogens with one attached hydrogen (secondary N) is 1. The van der Waals surface area contributed by atoms with Gasteiger partial charge in [-0.1, -0.05) is 19.1 Å². The molecular weight excluding hydrogens is 267 g/mol. The Kier molecular flexibility index (Phi) is 3.71. The van der Waals surface area contributed by atoms with Gasteiger partial charge in [-0.15, -0.1) is 0 Å². The van der Waals surface area contributed by atoms with Crippen molar-refractivity contribution in [2.45, 2.75) is 19.4 Å². The van der Waals surface area contributed by atoms with Crippen molar-refractivity contribution in [3.63, 3.8) is 0 Å². The molecule has 4 heteroatoms. The van der Waals surface area contributed by atoms with Crippen LogP contribution in [-0.4, -0.2) is 12.0 Å². The molecule has 0 aliphatic rings. The number of fused-ring (bicyclic) bond motifs is 1. The van der Waals surface area contributed by atoms with Gasteiger partial charge in [-0.3, -0.25) is 4.98 Å². The van der Waals surface area contributed by atoms with Crippen molar-refractivity contribution in [2.75, 3.05) is 7.05 Å². The minimum atomic E-state index is -0.334. The standard InChI is InChI=1S/C17H17FN2O/c1-3-11-10-20-8-7-13(11)16(19-2)15-9-12-5-4-6-14(18)17(12)21-15/h4-10,16,19H,3H2,1-2H3. The first-order valence-electron chi connectivity index (χ1n) is 7.02. The lowest BCUT2D eigenvalue weighted by atomic mass is 9.99. The molecule has 0 bridgehead atoms. The van der Waals surface area contributed by atoms with Gasteiger partial charge in [0.15, 0.2) is 11.4 Å². The predicted molar refractivity (Wildman–Crippen MR) is 80.7 cm³/mol. The molecule has 0 aliphatic carbocycles. The van der Waals surface area contributed by atoms with Gasteiger partial charge in [0.1, 0.15) is 5.76 Å². The number of furan rings is 1. The van der Waals surface area contributed by atoms with E-state index in [-0.39, 0.29) is 11.9 Å². The molecule has 1 N–H and O–H groups in total. The first-order valence-corrected chi connectivity index (χ1v) is 7.02. The molecule has 21 heavy (non-hydrogen) atoms. The fourth-order valence-corrected chi connectivity index (χ4v) is 2.66. The van der Waals surface area contributed by atoms with Gasteiger partial charge in [-0.25, -0.2) is 4.39 Å². The Labute approximate surface area is 122 Å². The lowest BCUT2D eigenvalue weighted by Gasteiger charge is -2.17. The van der Waals surface area contributed by atoms with Crippen LogP contribution in [0.1, 0.15) is 29.9 Å². The van der Waals surface area contributed by atoms with Gasteiger partial charge in [-0.05, 0) is 42.8 Å². The molecule has 2 heterocycles. The number of aryl methyl sites for hydroxylation is 1. The molecule has 0 radical (unpaired) electrons. The minimum absolute atomic E-state index is 0.116. The van der Waals surface area contributed by atoms with Gasteiger partial charge in [0.2, 0.25) is 0 Å². The third-order valence-corrected chi connectivity index (χ3v) is 3.72. The molecule has 1 aromatic carbocycles. The van der Waals surface area contributed by atoms with E-state index in [1.54, 1.807) is 12.3 Å². The Balaban J connectivity index is 2.12. The van der Waals surface area contributed by atoms with E-state index < -0.39 is 0 Å². The maximum atomic E-state index is 13.8. The van der Waals surface area contributed by atoms with Gasteiger partial charge in [0.25, 0.3) is 0 Å². The maximum Gasteiger partial charge on any atom is 0.169 e. The van der Waals surface area contributed by atoms with E-state index in [4.69, 9.17) is 4.42 Å². The smallest absolute Gasteiger partial charge is 0.169 e. The molecule has 0 amide bonds. The van der Waals surface area contributed by atoms with E-state index >= 15 is 0 Å². The maximum absolute atomic E-state index is 13.8. The van der Waals surface area contributed by atoms with E-state index in [1.165, 1.54) is 6.07 Å². The summed E-state index contributed by atoms with van der Waals surface area (Å²) < 4.78 is 19.5. The van der Waals surface area contributed by atoms with Crippen LogP contribution in [-0.2, 0) is 6.42 Å². The number of aromatic nitrogens is 1. The Morgan fingerprint density at radius 1 is 1.33 bits per heavy atom. The Morgan fingerprint density at radius 2 is 2.19 bits per heavy atom. The molecule has 3 nitrogen and oxygen atoms in total. The number of pyridine rings is 1. The van der Waals surface area contributed by atoms with Gasteiger partial charge in [0.05, 0.1) is 6.04 Å². The van der Waals surface area contributed by atoms with Crippen molar-refractivity contribution in [1.29, 1.82) is 0 Å². The average Bonchev–Trinajstić information content (AvgIpc) is 2.94.